The molecule has 0 bridgehead atoms. The average molecular weight is 376 g/mol. The molecule has 0 aliphatic heterocycles. The number of aromatic nitrogens is 1. The molecule has 0 saturated heterocycles. The minimum Gasteiger partial charge on any atom is -0.487 e. The summed E-state index contributed by atoms with van der Waals surface area (Å²) in [7, 11) is 0. The van der Waals surface area contributed by atoms with Gasteiger partial charge in [-0.1, -0.05) is 30.3 Å². The maximum Gasteiger partial charge on any atom is 0.226 e. The molecular weight excluding hydrogens is 352 g/mol. The Kier molecular flexibility index (Phi) is 6.83. The van der Waals surface area contributed by atoms with Crippen molar-refractivity contribution in [3.8, 4) is 23.3 Å². The number of oxazole rings is 1. The van der Waals surface area contributed by atoms with Gasteiger partial charge in [-0.3, -0.25) is 0 Å². The summed E-state index contributed by atoms with van der Waals surface area (Å²) in [5.41, 5.74) is 2.85. The Balaban J connectivity index is 1.59. The minimum atomic E-state index is -0.0732. The number of hydrogen-bond acceptors (Lipinski definition) is 5. The molecule has 0 N–H and O–H groups in total. The van der Waals surface area contributed by atoms with Crippen LogP contribution in [0.25, 0.3) is 11.5 Å². The van der Waals surface area contributed by atoms with Gasteiger partial charge in [0, 0.05) is 12.2 Å². The Labute approximate surface area is 165 Å². The second-order valence-electron chi connectivity index (χ2n) is 6.46. The second kappa shape index (κ2) is 9.72. The summed E-state index contributed by atoms with van der Waals surface area (Å²) in [6.07, 6.45) is 1.03. The van der Waals surface area contributed by atoms with Crippen LogP contribution >= 0.6 is 0 Å². The van der Waals surface area contributed by atoms with Gasteiger partial charge in [0.05, 0.1) is 18.6 Å². The molecule has 0 spiro atoms. The second-order valence-corrected chi connectivity index (χ2v) is 6.46. The molecule has 0 saturated carbocycles. The maximum atomic E-state index is 8.90. The van der Waals surface area contributed by atoms with Gasteiger partial charge < -0.3 is 13.9 Å². The van der Waals surface area contributed by atoms with E-state index in [-0.39, 0.29) is 6.10 Å². The first-order valence-corrected chi connectivity index (χ1v) is 9.41. The number of hydrogen-bond donors (Lipinski definition) is 0. The molecule has 0 amide bonds. The predicted molar refractivity (Wildman–Crippen MR) is 107 cm³/mol. The number of nitriles is 1. The van der Waals surface area contributed by atoms with E-state index in [9.17, 15) is 0 Å². The Morgan fingerprint density at radius 2 is 1.86 bits per heavy atom. The van der Waals surface area contributed by atoms with Crippen LogP contribution in [0.3, 0.4) is 0 Å². The fourth-order valence-electron chi connectivity index (χ4n) is 2.93. The fourth-order valence-corrected chi connectivity index (χ4v) is 2.93. The third-order valence-electron chi connectivity index (χ3n) is 4.40. The first-order chi connectivity index (χ1) is 13.7. The molecule has 1 aromatic heterocycles. The smallest absolute Gasteiger partial charge is 0.226 e. The monoisotopic (exact) mass is 376 g/mol. The number of rotatable bonds is 9. The van der Waals surface area contributed by atoms with Crippen LogP contribution in [0.1, 0.15) is 30.4 Å². The summed E-state index contributed by atoms with van der Waals surface area (Å²) in [6.45, 7) is 4.79. The van der Waals surface area contributed by atoms with E-state index < -0.39 is 0 Å². The van der Waals surface area contributed by atoms with Crippen molar-refractivity contribution in [3.05, 3.63) is 71.6 Å². The van der Waals surface area contributed by atoms with E-state index >= 15 is 0 Å². The maximum absolute atomic E-state index is 8.90. The lowest BCUT2D eigenvalue weighted by molar-refractivity contribution is 0.0667. The molecule has 28 heavy (non-hydrogen) atoms. The Hall–Kier alpha value is -3.10. The number of ether oxygens (including phenoxy) is 2. The highest BCUT2D eigenvalue weighted by Gasteiger charge is 2.12. The standard InChI is InChI=1S/C23H24N2O3/c1-3-26-21(13-14-24)15-18-9-11-20(12-10-18)27-16-22-17(2)28-23(25-22)19-7-5-4-6-8-19/h4-12,21H,3,13,15-16H2,1-2H3. The lowest BCUT2D eigenvalue weighted by Gasteiger charge is -2.14. The summed E-state index contributed by atoms with van der Waals surface area (Å²) >= 11 is 0. The van der Waals surface area contributed by atoms with Gasteiger partial charge in [0.1, 0.15) is 23.8 Å². The normalized spacial score (nSPS) is 11.8. The van der Waals surface area contributed by atoms with Crippen molar-refractivity contribution in [1.29, 1.82) is 5.26 Å². The highest BCUT2D eigenvalue weighted by Crippen LogP contribution is 2.23. The van der Waals surface area contributed by atoms with E-state index in [2.05, 4.69) is 11.1 Å². The van der Waals surface area contributed by atoms with E-state index in [0.29, 0.717) is 31.9 Å². The summed E-state index contributed by atoms with van der Waals surface area (Å²) < 4.78 is 17.2. The van der Waals surface area contributed by atoms with Gasteiger partial charge in [-0.2, -0.15) is 5.26 Å². The largest absolute Gasteiger partial charge is 0.487 e. The molecule has 2 aromatic carbocycles. The lowest BCUT2D eigenvalue weighted by Crippen LogP contribution is -2.15. The topological polar surface area (TPSA) is 68.3 Å². The van der Waals surface area contributed by atoms with Crippen molar-refractivity contribution in [2.75, 3.05) is 6.61 Å². The van der Waals surface area contributed by atoms with Gasteiger partial charge in [0.2, 0.25) is 5.89 Å². The third-order valence-corrected chi connectivity index (χ3v) is 4.40. The summed E-state index contributed by atoms with van der Waals surface area (Å²) in [6, 6.07) is 19.9. The van der Waals surface area contributed by atoms with Gasteiger partial charge in [-0.25, -0.2) is 4.98 Å². The zero-order chi connectivity index (χ0) is 19.8. The molecule has 3 rings (SSSR count). The Morgan fingerprint density at radius 3 is 2.54 bits per heavy atom. The average Bonchev–Trinajstić information content (AvgIpc) is 3.09. The van der Waals surface area contributed by atoms with Crippen LogP contribution in [-0.4, -0.2) is 17.7 Å². The van der Waals surface area contributed by atoms with Crippen molar-refractivity contribution >= 4 is 0 Å². The van der Waals surface area contributed by atoms with Crippen LogP contribution < -0.4 is 4.74 Å². The van der Waals surface area contributed by atoms with Crippen LogP contribution in [0.15, 0.2) is 59.0 Å². The predicted octanol–water partition coefficient (Wildman–Crippen LogP) is 5.09. The first kappa shape index (κ1) is 19.7. The van der Waals surface area contributed by atoms with Gasteiger partial charge >= 0.3 is 0 Å². The van der Waals surface area contributed by atoms with Crippen LogP contribution in [-0.2, 0) is 17.8 Å². The highest BCUT2D eigenvalue weighted by atomic mass is 16.5. The molecule has 144 valence electrons. The van der Waals surface area contributed by atoms with Gasteiger partial charge in [0.15, 0.2) is 0 Å². The number of aryl methyl sites for hydroxylation is 1. The zero-order valence-corrected chi connectivity index (χ0v) is 16.2. The summed E-state index contributed by atoms with van der Waals surface area (Å²) in [4.78, 5) is 4.55. The van der Waals surface area contributed by atoms with Crippen molar-refractivity contribution in [2.45, 2.75) is 39.4 Å². The molecule has 5 nitrogen and oxygen atoms in total. The highest BCUT2D eigenvalue weighted by molar-refractivity contribution is 5.53. The molecule has 5 heteroatoms. The van der Waals surface area contributed by atoms with Crippen molar-refractivity contribution < 1.29 is 13.9 Å². The van der Waals surface area contributed by atoms with Crippen molar-refractivity contribution in [3.63, 3.8) is 0 Å². The van der Waals surface area contributed by atoms with E-state index in [0.717, 1.165) is 28.3 Å². The van der Waals surface area contributed by atoms with E-state index in [1.807, 2.05) is 68.4 Å². The molecule has 0 fully saturated rings. The molecule has 3 aromatic rings. The fraction of sp³-hybridized carbons (Fsp3) is 0.304. The third kappa shape index (κ3) is 5.21. The van der Waals surface area contributed by atoms with Crippen LogP contribution in [0.4, 0.5) is 0 Å². The van der Waals surface area contributed by atoms with Gasteiger partial charge in [0.25, 0.3) is 0 Å². The Morgan fingerprint density at radius 1 is 1.11 bits per heavy atom. The zero-order valence-electron chi connectivity index (χ0n) is 16.2. The quantitative estimate of drug-likeness (QED) is 0.520. The van der Waals surface area contributed by atoms with E-state index in [4.69, 9.17) is 19.2 Å². The summed E-state index contributed by atoms with van der Waals surface area (Å²) in [5, 5.41) is 8.90. The van der Waals surface area contributed by atoms with E-state index in [1.54, 1.807) is 0 Å². The number of nitrogens with zero attached hydrogens (tertiary/aromatic N) is 2. The van der Waals surface area contributed by atoms with Crippen LogP contribution in [0.5, 0.6) is 5.75 Å². The van der Waals surface area contributed by atoms with Crippen LogP contribution in [0, 0.1) is 18.3 Å². The van der Waals surface area contributed by atoms with Crippen LogP contribution in [0.2, 0.25) is 0 Å². The molecular formula is C23H24N2O3. The lowest BCUT2D eigenvalue weighted by atomic mass is 10.1. The molecule has 1 heterocycles. The van der Waals surface area contributed by atoms with Crippen molar-refractivity contribution in [1.82, 2.24) is 4.98 Å². The minimum absolute atomic E-state index is 0.0732. The Bertz CT molecular complexity index is 911. The molecule has 0 radical (unpaired) electrons. The van der Waals surface area contributed by atoms with E-state index in [1.165, 1.54) is 0 Å². The molecule has 1 atom stereocenters. The van der Waals surface area contributed by atoms with Gasteiger partial charge in [-0.15, -0.1) is 0 Å². The van der Waals surface area contributed by atoms with Gasteiger partial charge in [-0.05, 0) is 50.1 Å². The first-order valence-electron chi connectivity index (χ1n) is 9.41. The molecule has 0 aliphatic rings. The summed E-state index contributed by atoms with van der Waals surface area (Å²) in [5.74, 6) is 2.12. The molecule has 1 unspecified atom stereocenters. The van der Waals surface area contributed by atoms with Crippen molar-refractivity contribution in [2.24, 2.45) is 0 Å². The SMILES string of the molecule is CCOC(CC#N)Cc1ccc(OCc2nc(-c3ccccc3)oc2C)cc1. The number of benzene rings is 2. The molecule has 0 aliphatic carbocycles.